The van der Waals surface area contributed by atoms with Crippen LogP contribution in [0.3, 0.4) is 0 Å². The molecule has 0 aromatic heterocycles. The van der Waals surface area contributed by atoms with Gasteiger partial charge in [0.1, 0.15) is 5.82 Å². The highest BCUT2D eigenvalue weighted by atomic mass is 19.1. The first-order valence-electron chi connectivity index (χ1n) is 5.98. The minimum absolute atomic E-state index is 0.0474. The molecular formula is C14H22FNO. The predicted molar refractivity (Wildman–Crippen MR) is 68.4 cm³/mol. The van der Waals surface area contributed by atoms with Crippen molar-refractivity contribution in [3.8, 4) is 0 Å². The van der Waals surface area contributed by atoms with Crippen LogP contribution in [0, 0.1) is 5.82 Å². The van der Waals surface area contributed by atoms with Crippen molar-refractivity contribution in [3.63, 3.8) is 0 Å². The molecule has 0 fully saturated rings. The van der Waals surface area contributed by atoms with Crippen LogP contribution in [0.5, 0.6) is 0 Å². The molecule has 0 saturated carbocycles. The highest BCUT2D eigenvalue weighted by Crippen LogP contribution is 2.17. The lowest BCUT2D eigenvalue weighted by atomic mass is 9.96. The zero-order chi connectivity index (χ0) is 12.9. The van der Waals surface area contributed by atoms with Gasteiger partial charge in [-0.25, -0.2) is 4.39 Å². The summed E-state index contributed by atoms with van der Waals surface area (Å²) in [5.41, 5.74) is 6.85. The third-order valence-corrected chi connectivity index (χ3v) is 3.06. The molecule has 0 heterocycles. The molecular weight excluding hydrogens is 217 g/mol. The molecule has 1 unspecified atom stereocenters. The van der Waals surface area contributed by atoms with E-state index in [9.17, 15) is 4.39 Å². The van der Waals surface area contributed by atoms with Gasteiger partial charge in [0.2, 0.25) is 0 Å². The normalized spacial score (nSPS) is 13.7. The highest BCUT2D eigenvalue weighted by molar-refractivity contribution is 5.17. The van der Waals surface area contributed by atoms with Gasteiger partial charge in [0.05, 0.1) is 5.60 Å². The second-order valence-corrected chi connectivity index (χ2v) is 5.10. The fourth-order valence-electron chi connectivity index (χ4n) is 1.70. The summed E-state index contributed by atoms with van der Waals surface area (Å²) in [6.07, 6.45) is 2.48. The molecule has 1 rings (SSSR count). The maximum Gasteiger partial charge on any atom is 0.123 e. The summed E-state index contributed by atoms with van der Waals surface area (Å²) in [7, 11) is 1.71. The Labute approximate surface area is 103 Å². The van der Waals surface area contributed by atoms with Crippen LogP contribution in [-0.2, 0) is 11.2 Å². The number of methoxy groups -OCH3 is 1. The summed E-state index contributed by atoms with van der Waals surface area (Å²) >= 11 is 0. The van der Waals surface area contributed by atoms with E-state index in [-0.39, 0.29) is 17.5 Å². The van der Waals surface area contributed by atoms with E-state index in [1.807, 2.05) is 19.9 Å². The zero-order valence-electron chi connectivity index (χ0n) is 10.9. The van der Waals surface area contributed by atoms with Crippen LogP contribution in [0.1, 0.15) is 32.3 Å². The smallest absolute Gasteiger partial charge is 0.123 e. The second-order valence-electron chi connectivity index (χ2n) is 5.10. The van der Waals surface area contributed by atoms with Crippen LogP contribution in [0.15, 0.2) is 24.3 Å². The molecule has 0 spiro atoms. The van der Waals surface area contributed by atoms with E-state index in [0.717, 1.165) is 18.4 Å². The van der Waals surface area contributed by atoms with Crippen molar-refractivity contribution in [2.75, 3.05) is 7.11 Å². The van der Waals surface area contributed by atoms with E-state index >= 15 is 0 Å². The quantitative estimate of drug-likeness (QED) is 0.828. The van der Waals surface area contributed by atoms with Gasteiger partial charge in [0.15, 0.2) is 0 Å². The van der Waals surface area contributed by atoms with Crippen molar-refractivity contribution < 1.29 is 9.13 Å². The number of rotatable bonds is 6. The lowest BCUT2D eigenvalue weighted by Crippen LogP contribution is -2.29. The van der Waals surface area contributed by atoms with Gasteiger partial charge < -0.3 is 10.5 Å². The molecule has 17 heavy (non-hydrogen) atoms. The van der Waals surface area contributed by atoms with Crippen LogP contribution >= 0.6 is 0 Å². The summed E-state index contributed by atoms with van der Waals surface area (Å²) in [5.74, 6) is -0.202. The van der Waals surface area contributed by atoms with Gasteiger partial charge in [-0.15, -0.1) is 0 Å². The molecule has 1 atom stereocenters. The van der Waals surface area contributed by atoms with Crippen LogP contribution in [0.2, 0.25) is 0 Å². The third-order valence-electron chi connectivity index (χ3n) is 3.06. The van der Waals surface area contributed by atoms with Gasteiger partial charge in [0, 0.05) is 13.2 Å². The molecule has 0 radical (unpaired) electrons. The molecule has 2 N–H and O–H groups in total. The van der Waals surface area contributed by atoms with Crippen LogP contribution in [-0.4, -0.2) is 18.8 Å². The van der Waals surface area contributed by atoms with Crippen LogP contribution < -0.4 is 5.73 Å². The average molecular weight is 239 g/mol. The molecule has 96 valence electrons. The average Bonchev–Trinajstić information content (AvgIpc) is 2.27. The molecule has 0 amide bonds. The van der Waals surface area contributed by atoms with Crippen LogP contribution in [0.25, 0.3) is 0 Å². The van der Waals surface area contributed by atoms with Crippen LogP contribution in [0.4, 0.5) is 4.39 Å². The maximum atomic E-state index is 13.0. The SMILES string of the molecule is COC(C)(C)CCC(N)Cc1cccc(F)c1. The molecule has 1 aromatic carbocycles. The molecule has 1 aromatic rings. The maximum absolute atomic E-state index is 13.0. The third kappa shape index (κ3) is 5.29. The summed E-state index contributed by atoms with van der Waals surface area (Å²) < 4.78 is 18.3. The summed E-state index contributed by atoms with van der Waals surface area (Å²) in [6, 6.07) is 6.66. The first-order chi connectivity index (χ1) is 7.93. The molecule has 0 bridgehead atoms. The summed E-state index contributed by atoms with van der Waals surface area (Å²) in [4.78, 5) is 0. The van der Waals surface area contributed by atoms with Crippen molar-refractivity contribution in [2.24, 2.45) is 5.73 Å². The Morgan fingerprint density at radius 3 is 2.71 bits per heavy atom. The van der Waals surface area contributed by atoms with E-state index in [1.54, 1.807) is 19.2 Å². The zero-order valence-corrected chi connectivity index (χ0v) is 10.9. The van der Waals surface area contributed by atoms with Gasteiger partial charge >= 0.3 is 0 Å². The first kappa shape index (κ1) is 14.1. The van der Waals surface area contributed by atoms with Crippen molar-refractivity contribution in [1.29, 1.82) is 0 Å². The molecule has 0 aliphatic heterocycles. The molecule has 0 aliphatic rings. The van der Waals surface area contributed by atoms with E-state index in [4.69, 9.17) is 10.5 Å². The van der Waals surface area contributed by atoms with Gasteiger partial charge in [-0.1, -0.05) is 12.1 Å². The standard InChI is InChI=1S/C14H22FNO/c1-14(2,17-3)8-7-13(16)10-11-5-4-6-12(15)9-11/h4-6,9,13H,7-8,10,16H2,1-3H3. The number of nitrogens with two attached hydrogens (primary N) is 1. The number of benzene rings is 1. The fraction of sp³-hybridized carbons (Fsp3) is 0.571. The van der Waals surface area contributed by atoms with E-state index in [2.05, 4.69) is 0 Å². The summed E-state index contributed by atoms with van der Waals surface area (Å²) in [5, 5.41) is 0. The largest absolute Gasteiger partial charge is 0.379 e. The Morgan fingerprint density at radius 1 is 1.41 bits per heavy atom. The van der Waals surface area contributed by atoms with Crippen molar-refractivity contribution >= 4 is 0 Å². The lowest BCUT2D eigenvalue weighted by molar-refractivity contribution is 0.0125. The lowest BCUT2D eigenvalue weighted by Gasteiger charge is -2.24. The molecule has 0 aliphatic carbocycles. The van der Waals surface area contributed by atoms with E-state index in [1.165, 1.54) is 6.07 Å². The van der Waals surface area contributed by atoms with Crippen molar-refractivity contribution in [3.05, 3.63) is 35.6 Å². The highest BCUT2D eigenvalue weighted by Gasteiger charge is 2.17. The molecule has 2 nitrogen and oxygen atoms in total. The monoisotopic (exact) mass is 239 g/mol. The number of hydrogen-bond donors (Lipinski definition) is 1. The van der Waals surface area contributed by atoms with E-state index in [0.29, 0.717) is 6.42 Å². The molecule has 3 heteroatoms. The number of hydrogen-bond acceptors (Lipinski definition) is 2. The Balaban J connectivity index is 2.42. The van der Waals surface area contributed by atoms with Gasteiger partial charge in [0.25, 0.3) is 0 Å². The van der Waals surface area contributed by atoms with Gasteiger partial charge in [-0.3, -0.25) is 0 Å². The predicted octanol–water partition coefficient (Wildman–Crippen LogP) is 2.90. The topological polar surface area (TPSA) is 35.2 Å². The summed E-state index contributed by atoms with van der Waals surface area (Å²) in [6.45, 7) is 4.09. The Morgan fingerprint density at radius 2 is 2.12 bits per heavy atom. The number of halogens is 1. The molecule has 0 saturated heterocycles. The minimum Gasteiger partial charge on any atom is -0.379 e. The Kier molecular flexibility index (Phi) is 5.09. The van der Waals surface area contributed by atoms with Crippen molar-refractivity contribution in [1.82, 2.24) is 0 Å². The van der Waals surface area contributed by atoms with Crippen molar-refractivity contribution in [2.45, 2.75) is 44.8 Å². The van der Waals surface area contributed by atoms with Gasteiger partial charge in [-0.2, -0.15) is 0 Å². The number of ether oxygens (including phenoxy) is 1. The van der Waals surface area contributed by atoms with Gasteiger partial charge in [-0.05, 0) is 50.8 Å². The fourth-order valence-corrected chi connectivity index (χ4v) is 1.70. The second kappa shape index (κ2) is 6.12. The minimum atomic E-state index is -0.202. The first-order valence-corrected chi connectivity index (χ1v) is 5.98. The van der Waals surface area contributed by atoms with E-state index < -0.39 is 0 Å². The Hall–Kier alpha value is -0.930. The Bertz CT molecular complexity index is 352.